The van der Waals surface area contributed by atoms with E-state index in [1.807, 2.05) is 24.4 Å². The van der Waals surface area contributed by atoms with Gasteiger partial charge in [-0.2, -0.15) is 0 Å². The van der Waals surface area contributed by atoms with Crippen LogP contribution in [-0.4, -0.2) is 25.6 Å². The Morgan fingerprint density at radius 2 is 1.94 bits per heavy atom. The maximum absolute atomic E-state index is 6.07. The summed E-state index contributed by atoms with van der Waals surface area (Å²) < 4.78 is 1.96. The third-order valence-electron chi connectivity index (χ3n) is 3.13. The molecule has 0 aliphatic carbocycles. The van der Waals surface area contributed by atoms with Crippen LogP contribution in [0.15, 0.2) is 12.4 Å². The van der Waals surface area contributed by atoms with Gasteiger partial charge in [-0.15, -0.1) is 10.2 Å². The van der Waals surface area contributed by atoms with Gasteiger partial charge >= 0.3 is 0 Å². The lowest BCUT2D eigenvalue weighted by atomic mass is 9.87. The van der Waals surface area contributed by atoms with Crippen LogP contribution in [-0.2, 0) is 0 Å². The summed E-state index contributed by atoms with van der Waals surface area (Å²) in [7, 11) is 0. The van der Waals surface area contributed by atoms with Gasteiger partial charge in [0.15, 0.2) is 5.65 Å². The summed E-state index contributed by atoms with van der Waals surface area (Å²) in [6.45, 7) is 8.25. The van der Waals surface area contributed by atoms with E-state index in [2.05, 4.69) is 29.0 Å². The van der Waals surface area contributed by atoms with Crippen molar-refractivity contribution in [1.29, 1.82) is 0 Å². The van der Waals surface area contributed by atoms with Gasteiger partial charge in [-0.1, -0.05) is 13.8 Å². The molecule has 2 rings (SSSR count). The van der Waals surface area contributed by atoms with E-state index in [0.29, 0.717) is 5.92 Å². The van der Waals surface area contributed by atoms with Gasteiger partial charge in [0, 0.05) is 24.4 Å². The number of aryl methyl sites for hydroxylation is 1. The van der Waals surface area contributed by atoms with Crippen LogP contribution >= 0.6 is 0 Å². The summed E-state index contributed by atoms with van der Waals surface area (Å²) in [5, 5.41) is 8.29. The van der Waals surface area contributed by atoms with Crippen LogP contribution in [0.1, 0.15) is 38.2 Å². The number of nitrogens with zero attached hydrogens (tertiary/aromatic N) is 4. The minimum atomic E-state index is 0.0470. The molecule has 17 heavy (non-hydrogen) atoms. The van der Waals surface area contributed by atoms with Crippen LogP contribution in [0.25, 0.3) is 5.65 Å². The third-order valence-corrected chi connectivity index (χ3v) is 3.13. The zero-order valence-electron chi connectivity index (χ0n) is 10.8. The molecule has 2 heterocycles. The molecular formula is C12H19N5. The smallest absolute Gasteiger partial charge is 0.182 e. The van der Waals surface area contributed by atoms with Crippen molar-refractivity contribution in [2.75, 3.05) is 0 Å². The average molecular weight is 233 g/mol. The van der Waals surface area contributed by atoms with Gasteiger partial charge in [-0.05, 0) is 19.8 Å². The lowest BCUT2D eigenvalue weighted by Gasteiger charge is -2.24. The summed E-state index contributed by atoms with van der Waals surface area (Å²) in [5.74, 6) is 1.49. The quantitative estimate of drug-likeness (QED) is 0.872. The third kappa shape index (κ3) is 2.02. The first-order valence-corrected chi connectivity index (χ1v) is 5.94. The Morgan fingerprint density at radius 3 is 2.53 bits per heavy atom. The van der Waals surface area contributed by atoms with Gasteiger partial charge < -0.3 is 5.73 Å². The highest BCUT2D eigenvalue weighted by Gasteiger charge is 2.25. The minimum absolute atomic E-state index is 0.0470. The fourth-order valence-electron chi connectivity index (χ4n) is 2.37. The van der Waals surface area contributed by atoms with Crippen molar-refractivity contribution in [2.45, 2.75) is 39.7 Å². The number of aromatic nitrogens is 4. The van der Waals surface area contributed by atoms with Crippen molar-refractivity contribution in [3.63, 3.8) is 0 Å². The molecule has 0 saturated carbocycles. The first kappa shape index (κ1) is 12.0. The molecule has 2 aromatic rings. The summed E-state index contributed by atoms with van der Waals surface area (Å²) in [6.07, 6.45) is 3.67. The fraction of sp³-hybridized carbons (Fsp3) is 0.583. The Morgan fingerprint density at radius 1 is 1.24 bits per heavy atom. The molecule has 2 N–H and O–H groups in total. The molecular weight excluding hydrogens is 214 g/mol. The molecule has 5 nitrogen and oxygen atoms in total. The van der Waals surface area contributed by atoms with Crippen LogP contribution in [0.2, 0.25) is 0 Å². The summed E-state index contributed by atoms with van der Waals surface area (Å²) >= 11 is 0. The number of rotatable bonds is 3. The maximum Gasteiger partial charge on any atom is 0.182 e. The second-order valence-corrected chi connectivity index (χ2v) is 4.88. The first-order valence-electron chi connectivity index (χ1n) is 5.94. The molecule has 0 aromatic carbocycles. The highest BCUT2D eigenvalue weighted by molar-refractivity contribution is 5.45. The van der Waals surface area contributed by atoms with E-state index < -0.39 is 0 Å². The molecule has 5 heteroatoms. The Balaban J connectivity index is 2.61. The summed E-state index contributed by atoms with van der Waals surface area (Å²) in [5.41, 5.74) is 7.83. The number of hydrogen-bond acceptors (Lipinski definition) is 4. The second-order valence-electron chi connectivity index (χ2n) is 4.88. The van der Waals surface area contributed by atoms with E-state index in [4.69, 9.17) is 5.73 Å². The monoisotopic (exact) mass is 233 g/mol. The molecule has 92 valence electrons. The minimum Gasteiger partial charge on any atom is -0.327 e. The Labute approximate surface area is 101 Å². The fourth-order valence-corrected chi connectivity index (χ4v) is 2.37. The molecule has 0 fully saturated rings. The van der Waals surface area contributed by atoms with Crippen LogP contribution in [0.5, 0.6) is 0 Å². The van der Waals surface area contributed by atoms with E-state index >= 15 is 0 Å². The molecule has 2 atom stereocenters. The molecule has 0 aliphatic rings. The van der Waals surface area contributed by atoms with E-state index in [0.717, 1.165) is 17.2 Å². The largest absolute Gasteiger partial charge is 0.327 e. The number of hydrogen-bond donors (Lipinski definition) is 1. The molecule has 0 bridgehead atoms. The van der Waals surface area contributed by atoms with E-state index in [9.17, 15) is 0 Å². The molecule has 0 saturated heterocycles. The van der Waals surface area contributed by atoms with Crippen molar-refractivity contribution in [3.8, 4) is 0 Å². The van der Waals surface area contributed by atoms with Gasteiger partial charge in [-0.3, -0.25) is 9.38 Å². The molecule has 2 unspecified atom stereocenters. The van der Waals surface area contributed by atoms with Gasteiger partial charge in [0.1, 0.15) is 5.82 Å². The van der Waals surface area contributed by atoms with Crippen molar-refractivity contribution in [2.24, 2.45) is 11.7 Å². The summed E-state index contributed by atoms with van der Waals surface area (Å²) in [4.78, 5) is 4.46. The lowest BCUT2D eigenvalue weighted by Crippen LogP contribution is -2.29. The van der Waals surface area contributed by atoms with Crippen molar-refractivity contribution >= 4 is 5.65 Å². The zero-order valence-corrected chi connectivity index (χ0v) is 10.8. The van der Waals surface area contributed by atoms with Crippen LogP contribution in [0, 0.1) is 12.8 Å². The van der Waals surface area contributed by atoms with Crippen molar-refractivity contribution < 1.29 is 0 Å². The molecule has 0 spiro atoms. The van der Waals surface area contributed by atoms with Crippen LogP contribution in [0.3, 0.4) is 0 Å². The highest BCUT2D eigenvalue weighted by Crippen LogP contribution is 2.27. The normalized spacial score (nSPS) is 15.4. The van der Waals surface area contributed by atoms with Crippen molar-refractivity contribution in [3.05, 3.63) is 23.9 Å². The van der Waals surface area contributed by atoms with Gasteiger partial charge in [0.2, 0.25) is 0 Å². The predicted molar refractivity (Wildman–Crippen MR) is 66.7 cm³/mol. The predicted octanol–water partition coefficient (Wildman–Crippen LogP) is 1.52. The molecule has 2 aromatic heterocycles. The Hall–Kier alpha value is -1.49. The van der Waals surface area contributed by atoms with E-state index in [1.165, 1.54) is 0 Å². The molecule has 0 radical (unpaired) electrons. The maximum atomic E-state index is 6.07. The lowest BCUT2D eigenvalue weighted by molar-refractivity contribution is 0.428. The van der Waals surface area contributed by atoms with Gasteiger partial charge in [-0.25, -0.2) is 0 Å². The highest BCUT2D eigenvalue weighted by atomic mass is 15.2. The Kier molecular flexibility index (Phi) is 3.11. The van der Waals surface area contributed by atoms with Gasteiger partial charge in [0.05, 0.1) is 5.69 Å². The first-order chi connectivity index (χ1) is 8.02. The standard InChI is InChI=1S/C12H19N5/c1-7(2)10(8(3)13)11-12-16-15-9(4)17(12)6-5-14-11/h5-8,10H,13H2,1-4H3. The number of nitrogens with two attached hydrogens (primary N) is 1. The topological polar surface area (TPSA) is 69.1 Å². The molecule has 0 amide bonds. The van der Waals surface area contributed by atoms with Crippen LogP contribution < -0.4 is 5.73 Å². The second kappa shape index (κ2) is 4.41. The molecule has 0 aliphatic heterocycles. The summed E-state index contributed by atoms with van der Waals surface area (Å²) in [6, 6.07) is 0.0470. The average Bonchev–Trinajstić information content (AvgIpc) is 2.61. The van der Waals surface area contributed by atoms with Crippen molar-refractivity contribution in [1.82, 2.24) is 19.6 Å². The van der Waals surface area contributed by atoms with Gasteiger partial charge in [0.25, 0.3) is 0 Å². The van der Waals surface area contributed by atoms with Crippen LogP contribution in [0.4, 0.5) is 0 Å². The van der Waals surface area contributed by atoms with E-state index in [1.54, 1.807) is 6.20 Å². The van der Waals surface area contributed by atoms with E-state index in [-0.39, 0.29) is 12.0 Å². The zero-order chi connectivity index (χ0) is 12.6. The number of fused-ring (bicyclic) bond motifs is 1. The SMILES string of the molecule is Cc1nnc2c(C(C(C)C)C(C)N)nccn12. The Bertz CT molecular complexity index is 507.